The van der Waals surface area contributed by atoms with Crippen LogP contribution in [0.5, 0.6) is 0 Å². The maximum absolute atomic E-state index is 13.3. The average Bonchev–Trinajstić information content (AvgIpc) is 3.42. The number of carbonyl (C=O) groups is 3. The average molecular weight is 493 g/mol. The molecular formula is C23H26F3N5O4. The van der Waals surface area contributed by atoms with Gasteiger partial charge in [-0.05, 0) is 30.9 Å². The lowest BCUT2D eigenvalue weighted by atomic mass is 9.98. The standard InChI is InChI=1S/C23H26F3N5O4/c1-3-14(11-27-21(33)17-13(2)29-35-19(17)23(24,25)26)20(32)28-18-16-8-5-4-7-15(16)12-30-9-6-10-31(30)22(18)34/h4-5,7-8,14,18H,3,6,9-12H2,1-2H3,(H,27,33)(H,28,32)/t14?,18-/m0/s1. The zero-order valence-corrected chi connectivity index (χ0v) is 19.3. The number of hydrogen-bond acceptors (Lipinski definition) is 6. The van der Waals surface area contributed by atoms with Crippen molar-refractivity contribution in [3.05, 3.63) is 52.4 Å². The van der Waals surface area contributed by atoms with E-state index < -0.39 is 41.3 Å². The molecule has 1 saturated heterocycles. The van der Waals surface area contributed by atoms with Crippen LogP contribution >= 0.6 is 0 Å². The lowest BCUT2D eigenvalue weighted by molar-refractivity contribution is -0.155. The zero-order chi connectivity index (χ0) is 25.3. The number of fused-ring (bicyclic) bond motifs is 2. The molecule has 1 fully saturated rings. The first-order chi connectivity index (χ1) is 16.6. The van der Waals surface area contributed by atoms with Crippen LogP contribution in [0.25, 0.3) is 0 Å². The molecule has 2 atom stereocenters. The molecule has 0 saturated carbocycles. The number of nitrogens with zero attached hydrogens (tertiary/aromatic N) is 3. The number of hydrogen-bond donors (Lipinski definition) is 2. The van der Waals surface area contributed by atoms with Crippen molar-refractivity contribution >= 4 is 17.7 Å². The number of rotatable bonds is 6. The molecule has 3 amide bonds. The summed E-state index contributed by atoms with van der Waals surface area (Å²) in [5.74, 6) is -4.01. The SMILES string of the molecule is CCC(CNC(=O)c1c(C)noc1C(F)(F)F)C(=O)N[C@@H]1C(=O)N2CCCN2Cc2ccccc21. The molecule has 188 valence electrons. The topological polar surface area (TPSA) is 108 Å². The van der Waals surface area contributed by atoms with Gasteiger partial charge in [0.15, 0.2) is 0 Å². The van der Waals surface area contributed by atoms with Crippen LogP contribution in [0.15, 0.2) is 28.8 Å². The molecule has 0 aliphatic carbocycles. The number of nitrogens with one attached hydrogen (secondary N) is 2. The van der Waals surface area contributed by atoms with Crippen LogP contribution in [0.4, 0.5) is 13.2 Å². The lowest BCUT2D eigenvalue weighted by Crippen LogP contribution is -2.47. The first kappa shape index (κ1) is 24.7. The van der Waals surface area contributed by atoms with E-state index in [-0.39, 0.29) is 18.1 Å². The highest BCUT2D eigenvalue weighted by atomic mass is 19.4. The Hall–Kier alpha value is -3.41. The molecule has 3 heterocycles. The fourth-order valence-electron chi connectivity index (χ4n) is 4.47. The molecule has 2 aromatic rings. The highest BCUT2D eigenvalue weighted by molar-refractivity contribution is 5.97. The third-order valence-corrected chi connectivity index (χ3v) is 6.35. The summed E-state index contributed by atoms with van der Waals surface area (Å²) in [4.78, 5) is 38.9. The van der Waals surface area contributed by atoms with Crippen LogP contribution < -0.4 is 10.6 Å². The minimum atomic E-state index is -4.88. The van der Waals surface area contributed by atoms with Gasteiger partial charge < -0.3 is 15.2 Å². The summed E-state index contributed by atoms with van der Waals surface area (Å²) in [6, 6.07) is 6.50. The Balaban J connectivity index is 1.48. The summed E-state index contributed by atoms with van der Waals surface area (Å²) < 4.78 is 43.7. The van der Waals surface area contributed by atoms with Crippen molar-refractivity contribution in [1.29, 1.82) is 0 Å². The van der Waals surface area contributed by atoms with E-state index in [1.165, 1.54) is 6.92 Å². The molecule has 0 radical (unpaired) electrons. The Morgan fingerprint density at radius 3 is 2.71 bits per heavy atom. The Bertz CT molecular complexity index is 1130. The van der Waals surface area contributed by atoms with Crippen LogP contribution in [-0.2, 0) is 22.3 Å². The summed E-state index contributed by atoms with van der Waals surface area (Å²) >= 11 is 0. The van der Waals surface area contributed by atoms with Gasteiger partial charge in [0.1, 0.15) is 11.6 Å². The second-order valence-electron chi connectivity index (χ2n) is 8.63. The van der Waals surface area contributed by atoms with Crippen molar-refractivity contribution in [2.24, 2.45) is 5.92 Å². The number of alkyl halides is 3. The summed E-state index contributed by atoms with van der Waals surface area (Å²) in [6.07, 6.45) is -3.76. The van der Waals surface area contributed by atoms with Crippen molar-refractivity contribution in [3.8, 4) is 0 Å². The van der Waals surface area contributed by atoms with E-state index in [1.807, 2.05) is 17.1 Å². The molecule has 9 nitrogen and oxygen atoms in total. The molecule has 12 heteroatoms. The van der Waals surface area contributed by atoms with Crippen LogP contribution in [0.3, 0.4) is 0 Å². The van der Waals surface area contributed by atoms with Crippen molar-refractivity contribution in [2.45, 2.75) is 45.5 Å². The van der Waals surface area contributed by atoms with Crippen LogP contribution in [-0.4, -0.2) is 52.5 Å². The maximum Gasteiger partial charge on any atom is 0.453 e. The van der Waals surface area contributed by atoms with E-state index in [9.17, 15) is 27.6 Å². The van der Waals surface area contributed by atoms with E-state index in [0.29, 0.717) is 25.1 Å². The predicted octanol–water partition coefficient (Wildman–Crippen LogP) is 2.58. The van der Waals surface area contributed by atoms with Crippen molar-refractivity contribution in [2.75, 3.05) is 19.6 Å². The fourth-order valence-corrected chi connectivity index (χ4v) is 4.47. The van der Waals surface area contributed by atoms with Gasteiger partial charge in [-0.15, -0.1) is 0 Å². The third kappa shape index (κ3) is 4.88. The molecule has 1 unspecified atom stereocenters. The van der Waals surface area contributed by atoms with Gasteiger partial charge in [-0.2, -0.15) is 13.2 Å². The molecule has 1 aromatic carbocycles. The maximum atomic E-state index is 13.3. The summed E-state index contributed by atoms with van der Waals surface area (Å²) in [7, 11) is 0. The molecule has 0 spiro atoms. The van der Waals surface area contributed by atoms with Gasteiger partial charge in [0.05, 0.1) is 11.6 Å². The van der Waals surface area contributed by atoms with Gasteiger partial charge in [0.25, 0.3) is 17.6 Å². The van der Waals surface area contributed by atoms with E-state index in [4.69, 9.17) is 0 Å². The Morgan fingerprint density at radius 1 is 1.26 bits per heavy atom. The first-order valence-corrected chi connectivity index (χ1v) is 11.4. The number of benzene rings is 1. The monoisotopic (exact) mass is 493 g/mol. The number of aromatic nitrogens is 1. The van der Waals surface area contributed by atoms with Crippen molar-refractivity contribution in [3.63, 3.8) is 0 Å². The van der Waals surface area contributed by atoms with E-state index in [2.05, 4.69) is 20.3 Å². The minimum Gasteiger partial charge on any atom is -0.351 e. The van der Waals surface area contributed by atoms with Crippen LogP contribution in [0.2, 0.25) is 0 Å². The van der Waals surface area contributed by atoms with Gasteiger partial charge in [-0.3, -0.25) is 19.4 Å². The Morgan fingerprint density at radius 2 is 2.00 bits per heavy atom. The predicted molar refractivity (Wildman–Crippen MR) is 116 cm³/mol. The number of carbonyl (C=O) groups excluding carboxylic acids is 3. The summed E-state index contributed by atoms with van der Waals surface area (Å²) in [6.45, 7) is 4.59. The quantitative estimate of drug-likeness (QED) is 0.641. The second-order valence-corrected chi connectivity index (χ2v) is 8.63. The van der Waals surface area contributed by atoms with E-state index >= 15 is 0 Å². The largest absolute Gasteiger partial charge is 0.453 e. The smallest absolute Gasteiger partial charge is 0.351 e. The highest BCUT2D eigenvalue weighted by Gasteiger charge is 2.42. The molecule has 1 aromatic heterocycles. The number of amides is 3. The molecule has 35 heavy (non-hydrogen) atoms. The molecular weight excluding hydrogens is 467 g/mol. The number of aryl methyl sites for hydroxylation is 1. The first-order valence-electron chi connectivity index (χ1n) is 11.4. The van der Waals surface area contributed by atoms with Gasteiger partial charge in [-0.1, -0.05) is 36.3 Å². The summed E-state index contributed by atoms with van der Waals surface area (Å²) in [5, 5.41) is 12.1. The fraction of sp³-hybridized carbons (Fsp3) is 0.478. The zero-order valence-electron chi connectivity index (χ0n) is 19.3. The molecule has 0 bridgehead atoms. The third-order valence-electron chi connectivity index (χ3n) is 6.35. The molecule has 2 aliphatic rings. The Kier molecular flexibility index (Phi) is 6.84. The van der Waals surface area contributed by atoms with Crippen molar-refractivity contribution < 1.29 is 32.1 Å². The summed E-state index contributed by atoms with van der Waals surface area (Å²) in [5.41, 5.74) is 0.714. The van der Waals surface area contributed by atoms with Gasteiger partial charge in [-0.25, -0.2) is 5.01 Å². The van der Waals surface area contributed by atoms with Crippen LogP contribution in [0.1, 0.15) is 58.7 Å². The number of halogens is 3. The van der Waals surface area contributed by atoms with Crippen molar-refractivity contribution in [1.82, 2.24) is 25.8 Å². The van der Waals surface area contributed by atoms with E-state index in [1.54, 1.807) is 24.1 Å². The second kappa shape index (κ2) is 9.68. The van der Waals surface area contributed by atoms with Crippen LogP contribution in [0, 0.1) is 12.8 Å². The van der Waals surface area contributed by atoms with Gasteiger partial charge >= 0.3 is 6.18 Å². The normalized spacial score (nSPS) is 19.1. The molecule has 4 rings (SSSR count). The molecule has 2 aliphatic heterocycles. The Labute approximate surface area is 199 Å². The molecule has 2 N–H and O–H groups in total. The number of hydrazine groups is 1. The highest BCUT2D eigenvalue weighted by Crippen LogP contribution is 2.33. The van der Waals surface area contributed by atoms with Gasteiger partial charge in [0, 0.05) is 26.2 Å². The van der Waals surface area contributed by atoms with E-state index in [0.717, 1.165) is 18.5 Å². The minimum absolute atomic E-state index is 0.205. The lowest BCUT2D eigenvalue weighted by Gasteiger charge is -2.28. The van der Waals surface area contributed by atoms with Gasteiger partial charge in [0.2, 0.25) is 5.91 Å².